The lowest BCUT2D eigenvalue weighted by atomic mass is 10.1. The third kappa shape index (κ3) is 2.50. The van der Waals surface area contributed by atoms with Crippen molar-refractivity contribution in [3.05, 3.63) is 29.5 Å². The Morgan fingerprint density at radius 1 is 1.30 bits per heavy atom. The number of hydrogen-bond acceptors (Lipinski definition) is 5. The smallest absolute Gasteiger partial charge is 0.336 e. The zero-order chi connectivity index (χ0) is 14.7. The maximum absolute atomic E-state index is 11.4. The van der Waals surface area contributed by atoms with E-state index in [1.54, 1.807) is 25.2 Å². The van der Waals surface area contributed by atoms with E-state index in [0.717, 1.165) is 0 Å². The molecular formula is C14H16N2O4. The lowest BCUT2D eigenvalue weighted by Gasteiger charge is -2.12. The van der Waals surface area contributed by atoms with E-state index >= 15 is 0 Å². The predicted octanol–water partition coefficient (Wildman–Crippen LogP) is 1.67. The van der Waals surface area contributed by atoms with Crippen LogP contribution in [0, 0.1) is 0 Å². The summed E-state index contributed by atoms with van der Waals surface area (Å²) in [6, 6.07) is 4.89. The number of carbonyl (C=O) groups is 1. The van der Waals surface area contributed by atoms with Gasteiger partial charge in [-0.1, -0.05) is 0 Å². The van der Waals surface area contributed by atoms with Gasteiger partial charge in [0.1, 0.15) is 17.0 Å². The maximum Gasteiger partial charge on any atom is 0.336 e. The van der Waals surface area contributed by atoms with Crippen LogP contribution in [-0.4, -0.2) is 37.3 Å². The molecule has 0 fully saturated rings. The van der Waals surface area contributed by atoms with Crippen molar-refractivity contribution in [2.24, 2.45) is 0 Å². The van der Waals surface area contributed by atoms with E-state index in [9.17, 15) is 9.90 Å². The summed E-state index contributed by atoms with van der Waals surface area (Å²) in [5.41, 5.74) is 1.33. The molecule has 2 rings (SSSR count). The van der Waals surface area contributed by atoms with Crippen LogP contribution >= 0.6 is 0 Å². The molecule has 1 aromatic heterocycles. The molecule has 0 atom stereocenters. The second kappa shape index (κ2) is 5.75. The molecule has 0 aliphatic carbocycles. The average molecular weight is 276 g/mol. The largest absolute Gasteiger partial charge is 0.497 e. The van der Waals surface area contributed by atoms with Crippen LogP contribution in [0.25, 0.3) is 10.9 Å². The normalized spacial score (nSPS) is 10.6. The highest BCUT2D eigenvalue weighted by molar-refractivity contribution is 6.04. The van der Waals surface area contributed by atoms with E-state index < -0.39 is 5.97 Å². The summed E-state index contributed by atoms with van der Waals surface area (Å²) >= 11 is 0. The number of aromatic carboxylic acids is 1. The van der Waals surface area contributed by atoms with E-state index in [1.165, 1.54) is 14.2 Å². The number of benzene rings is 1. The molecule has 20 heavy (non-hydrogen) atoms. The maximum atomic E-state index is 11.4. The molecule has 0 saturated carbocycles. The molecular weight excluding hydrogens is 260 g/mol. The van der Waals surface area contributed by atoms with Crippen LogP contribution < -0.4 is 14.8 Å². The van der Waals surface area contributed by atoms with Gasteiger partial charge in [0, 0.05) is 18.0 Å². The van der Waals surface area contributed by atoms with Gasteiger partial charge in [-0.2, -0.15) is 0 Å². The van der Waals surface area contributed by atoms with Gasteiger partial charge in [-0.3, -0.25) is 0 Å². The Morgan fingerprint density at radius 2 is 2.05 bits per heavy atom. The van der Waals surface area contributed by atoms with Gasteiger partial charge in [-0.05, 0) is 19.2 Å². The molecule has 1 heterocycles. The van der Waals surface area contributed by atoms with E-state index in [0.29, 0.717) is 34.6 Å². The van der Waals surface area contributed by atoms with Crippen molar-refractivity contribution in [2.45, 2.75) is 6.54 Å². The zero-order valence-electron chi connectivity index (χ0n) is 11.6. The van der Waals surface area contributed by atoms with Crippen LogP contribution in [0.2, 0.25) is 0 Å². The van der Waals surface area contributed by atoms with E-state index in [1.807, 2.05) is 0 Å². The molecule has 0 unspecified atom stereocenters. The summed E-state index contributed by atoms with van der Waals surface area (Å²) in [7, 11) is 4.81. The SMILES string of the molecule is CNCc1cc(C(=O)O)c2cc(OC)cc(OC)c2n1. The Balaban J connectivity index is 2.81. The fraction of sp³-hybridized carbons (Fsp3) is 0.286. The lowest BCUT2D eigenvalue weighted by molar-refractivity contribution is 0.0699. The minimum absolute atomic E-state index is 0.178. The number of nitrogens with one attached hydrogen (secondary N) is 1. The quantitative estimate of drug-likeness (QED) is 0.864. The first-order valence-corrected chi connectivity index (χ1v) is 6.04. The van der Waals surface area contributed by atoms with Gasteiger partial charge in [-0.25, -0.2) is 9.78 Å². The molecule has 2 N–H and O–H groups in total. The fourth-order valence-corrected chi connectivity index (χ4v) is 2.05. The summed E-state index contributed by atoms with van der Waals surface area (Å²) in [5, 5.41) is 12.8. The van der Waals surface area contributed by atoms with Crippen LogP contribution in [0.5, 0.6) is 11.5 Å². The predicted molar refractivity (Wildman–Crippen MR) is 74.6 cm³/mol. The molecule has 1 aromatic carbocycles. The van der Waals surface area contributed by atoms with Gasteiger partial charge in [0.05, 0.1) is 25.5 Å². The second-order valence-corrected chi connectivity index (χ2v) is 4.22. The lowest BCUT2D eigenvalue weighted by Crippen LogP contribution is -2.10. The number of ether oxygens (including phenoxy) is 2. The van der Waals surface area contributed by atoms with Crippen molar-refractivity contribution in [1.82, 2.24) is 10.3 Å². The molecule has 0 spiro atoms. The van der Waals surface area contributed by atoms with Crippen molar-refractivity contribution >= 4 is 16.9 Å². The molecule has 0 radical (unpaired) electrons. The number of aromatic nitrogens is 1. The highest BCUT2D eigenvalue weighted by Crippen LogP contribution is 2.32. The highest BCUT2D eigenvalue weighted by atomic mass is 16.5. The molecule has 0 saturated heterocycles. The number of nitrogens with zero attached hydrogens (tertiary/aromatic N) is 1. The van der Waals surface area contributed by atoms with Crippen molar-refractivity contribution in [3.63, 3.8) is 0 Å². The minimum Gasteiger partial charge on any atom is -0.497 e. The number of methoxy groups -OCH3 is 2. The highest BCUT2D eigenvalue weighted by Gasteiger charge is 2.16. The van der Waals surface area contributed by atoms with Gasteiger partial charge < -0.3 is 19.9 Å². The Bertz CT molecular complexity index is 655. The number of carboxylic acids is 1. The van der Waals surface area contributed by atoms with Crippen LogP contribution in [0.15, 0.2) is 18.2 Å². The number of fused-ring (bicyclic) bond motifs is 1. The van der Waals surface area contributed by atoms with Crippen molar-refractivity contribution in [2.75, 3.05) is 21.3 Å². The summed E-state index contributed by atoms with van der Waals surface area (Å²) in [5.74, 6) is 0.00452. The Labute approximate surface area is 116 Å². The van der Waals surface area contributed by atoms with Gasteiger partial charge >= 0.3 is 5.97 Å². The Hall–Kier alpha value is -2.34. The third-order valence-corrected chi connectivity index (χ3v) is 2.95. The zero-order valence-corrected chi connectivity index (χ0v) is 11.6. The third-order valence-electron chi connectivity index (χ3n) is 2.95. The topological polar surface area (TPSA) is 80.7 Å². The first-order chi connectivity index (χ1) is 9.60. The molecule has 0 aliphatic heterocycles. The van der Waals surface area contributed by atoms with Crippen LogP contribution in [0.3, 0.4) is 0 Å². The van der Waals surface area contributed by atoms with Gasteiger partial charge in [0.25, 0.3) is 0 Å². The molecule has 0 bridgehead atoms. The van der Waals surface area contributed by atoms with Crippen molar-refractivity contribution in [3.8, 4) is 11.5 Å². The second-order valence-electron chi connectivity index (χ2n) is 4.22. The van der Waals surface area contributed by atoms with E-state index in [2.05, 4.69) is 10.3 Å². The van der Waals surface area contributed by atoms with Crippen molar-refractivity contribution < 1.29 is 19.4 Å². The van der Waals surface area contributed by atoms with Crippen LogP contribution in [0.1, 0.15) is 16.1 Å². The molecule has 0 aliphatic rings. The van der Waals surface area contributed by atoms with Crippen LogP contribution in [-0.2, 0) is 6.54 Å². The van der Waals surface area contributed by atoms with Gasteiger partial charge in [0.15, 0.2) is 0 Å². The van der Waals surface area contributed by atoms with Crippen LogP contribution in [0.4, 0.5) is 0 Å². The number of pyridine rings is 1. The standard InChI is InChI=1S/C14H16N2O4/c1-15-7-8-4-11(14(17)18)10-5-9(19-2)6-12(20-3)13(10)16-8/h4-6,15H,7H2,1-3H3,(H,17,18). The summed E-state index contributed by atoms with van der Waals surface area (Å²) < 4.78 is 10.4. The molecule has 6 nitrogen and oxygen atoms in total. The monoisotopic (exact) mass is 276 g/mol. The van der Waals surface area contributed by atoms with Gasteiger partial charge in [0.2, 0.25) is 0 Å². The number of rotatable bonds is 5. The van der Waals surface area contributed by atoms with Gasteiger partial charge in [-0.15, -0.1) is 0 Å². The molecule has 2 aromatic rings. The summed E-state index contributed by atoms with van der Waals surface area (Å²) in [6.07, 6.45) is 0. The van der Waals surface area contributed by atoms with E-state index in [4.69, 9.17) is 9.47 Å². The molecule has 106 valence electrons. The number of hydrogen-bond donors (Lipinski definition) is 2. The average Bonchev–Trinajstić information content (AvgIpc) is 2.45. The van der Waals surface area contributed by atoms with Crippen molar-refractivity contribution in [1.29, 1.82) is 0 Å². The fourth-order valence-electron chi connectivity index (χ4n) is 2.05. The first kappa shape index (κ1) is 14.1. The minimum atomic E-state index is -1.01. The number of carboxylic acid groups (broad SMARTS) is 1. The van der Waals surface area contributed by atoms with E-state index in [-0.39, 0.29) is 5.56 Å². The summed E-state index contributed by atoms with van der Waals surface area (Å²) in [4.78, 5) is 15.9. The molecule has 0 amide bonds. The first-order valence-electron chi connectivity index (χ1n) is 6.04. The Kier molecular flexibility index (Phi) is 4.05. The molecule has 6 heteroatoms. The summed E-state index contributed by atoms with van der Waals surface area (Å²) in [6.45, 7) is 0.478. The Morgan fingerprint density at radius 3 is 2.60 bits per heavy atom.